The van der Waals surface area contributed by atoms with E-state index >= 15 is 0 Å². The Morgan fingerprint density at radius 1 is 1.17 bits per heavy atom. The van der Waals surface area contributed by atoms with Crippen LogP contribution in [-0.2, 0) is 19.7 Å². The van der Waals surface area contributed by atoms with Crippen LogP contribution < -0.4 is 5.73 Å². The first-order chi connectivity index (χ1) is 8.12. The fraction of sp³-hybridized carbons (Fsp3) is 0.400. The van der Waals surface area contributed by atoms with E-state index in [0.29, 0.717) is 5.69 Å². The molecule has 0 amide bonds. The highest BCUT2D eigenvalue weighted by atomic mass is 35.5. The summed E-state index contributed by atoms with van der Waals surface area (Å²) >= 11 is 5.74. The Hall–Kier alpha value is -0.790. The second-order valence-electron chi connectivity index (χ2n) is 3.99. The molecule has 0 aliphatic heterocycles. The van der Waals surface area contributed by atoms with Crippen molar-refractivity contribution in [3.8, 4) is 0 Å². The summed E-state index contributed by atoms with van der Waals surface area (Å²) in [5, 5.41) is 0.166. The van der Waals surface area contributed by atoms with Crippen molar-refractivity contribution < 1.29 is 16.8 Å². The lowest BCUT2D eigenvalue weighted by molar-refractivity contribution is 0.592. The Balaban J connectivity index is 2.84. The first kappa shape index (κ1) is 15.3. The number of halogens is 1. The van der Waals surface area contributed by atoms with Crippen molar-refractivity contribution in [1.29, 1.82) is 0 Å². The molecule has 0 aromatic heterocycles. The van der Waals surface area contributed by atoms with Gasteiger partial charge in [0.15, 0.2) is 9.84 Å². The van der Waals surface area contributed by atoms with Crippen LogP contribution in [0.1, 0.15) is 6.42 Å². The molecule has 0 heterocycles. The van der Waals surface area contributed by atoms with Gasteiger partial charge in [0.1, 0.15) is 9.84 Å². The van der Waals surface area contributed by atoms with E-state index in [-0.39, 0.29) is 27.8 Å². The lowest BCUT2D eigenvalue weighted by atomic mass is 10.3. The molecule has 0 unspecified atom stereocenters. The number of benzene rings is 1. The summed E-state index contributed by atoms with van der Waals surface area (Å²) in [6, 6.07) is 4.04. The summed E-state index contributed by atoms with van der Waals surface area (Å²) in [5.74, 6) is -0.394. The minimum Gasteiger partial charge on any atom is -0.398 e. The summed E-state index contributed by atoms with van der Waals surface area (Å²) in [5.41, 5.74) is 5.78. The average Bonchev–Trinajstić information content (AvgIpc) is 2.19. The summed E-state index contributed by atoms with van der Waals surface area (Å²) in [7, 11) is -6.68. The van der Waals surface area contributed by atoms with Crippen LogP contribution in [-0.4, -0.2) is 34.6 Å². The van der Waals surface area contributed by atoms with Crippen LogP contribution in [0.2, 0.25) is 5.02 Å². The molecule has 5 nitrogen and oxygen atoms in total. The molecule has 0 spiro atoms. The first-order valence-electron chi connectivity index (χ1n) is 5.07. The summed E-state index contributed by atoms with van der Waals surface area (Å²) < 4.78 is 45.6. The lowest BCUT2D eigenvalue weighted by Crippen LogP contribution is -2.12. The van der Waals surface area contributed by atoms with E-state index in [9.17, 15) is 16.8 Å². The Morgan fingerprint density at radius 3 is 2.28 bits per heavy atom. The van der Waals surface area contributed by atoms with Gasteiger partial charge in [-0.1, -0.05) is 11.6 Å². The number of rotatable bonds is 5. The van der Waals surface area contributed by atoms with E-state index in [4.69, 9.17) is 17.3 Å². The van der Waals surface area contributed by atoms with E-state index in [1.54, 1.807) is 0 Å². The van der Waals surface area contributed by atoms with Gasteiger partial charge in [-0.05, 0) is 24.6 Å². The van der Waals surface area contributed by atoms with Crippen LogP contribution >= 0.6 is 11.6 Å². The van der Waals surface area contributed by atoms with Gasteiger partial charge in [-0.25, -0.2) is 16.8 Å². The third-order valence-corrected chi connectivity index (χ3v) is 5.42. The molecule has 8 heteroatoms. The van der Waals surface area contributed by atoms with Crippen LogP contribution in [0.5, 0.6) is 0 Å². The largest absolute Gasteiger partial charge is 0.398 e. The van der Waals surface area contributed by atoms with Crippen molar-refractivity contribution in [1.82, 2.24) is 0 Å². The minimum atomic E-state index is -3.53. The highest BCUT2D eigenvalue weighted by Gasteiger charge is 2.16. The molecule has 0 atom stereocenters. The SMILES string of the molecule is CS(=O)(=O)CCCS(=O)(=O)c1ccc(N)c(Cl)c1. The fourth-order valence-electron chi connectivity index (χ4n) is 1.33. The Labute approximate surface area is 112 Å². The smallest absolute Gasteiger partial charge is 0.178 e. The standard InChI is InChI=1S/C10H14ClNO4S2/c1-17(13,14)5-2-6-18(15,16)8-3-4-10(12)9(11)7-8/h3-4,7H,2,5-6,12H2,1H3. The molecule has 0 saturated carbocycles. The van der Waals surface area contributed by atoms with E-state index in [2.05, 4.69) is 0 Å². The molecule has 1 rings (SSSR count). The first-order valence-corrected chi connectivity index (χ1v) is 9.16. The van der Waals surface area contributed by atoms with Crippen LogP contribution in [0.15, 0.2) is 23.1 Å². The van der Waals surface area contributed by atoms with Crippen molar-refractivity contribution >= 4 is 37.0 Å². The molecule has 102 valence electrons. The lowest BCUT2D eigenvalue weighted by Gasteiger charge is -2.05. The van der Waals surface area contributed by atoms with Crippen molar-refractivity contribution in [2.24, 2.45) is 0 Å². The third kappa shape index (κ3) is 4.47. The quantitative estimate of drug-likeness (QED) is 0.823. The highest BCUT2D eigenvalue weighted by Crippen LogP contribution is 2.23. The maximum Gasteiger partial charge on any atom is 0.178 e. The number of sulfone groups is 2. The predicted octanol–water partition coefficient (Wildman–Crippen LogP) is 1.13. The van der Waals surface area contributed by atoms with E-state index in [1.165, 1.54) is 18.2 Å². The number of hydrogen-bond donors (Lipinski definition) is 1. The summed E-state index contributed by atoms with van der Waals surface area (Å²) in [4.78, 5) is 0.0511. The molecule has 0 aliphatic carbocycles. The Morgan fingerprint density at radius 2 is 1.78 bits per heavy atom. The Bertz CT molecular complexity index is 638. The molecule has 1 aromatic carbocycles. The second-order valence-corrected chi connectivity index (χ2v) is 8.76. The van der Waals surface area contributed by atoms with Gasteiger partial charge in [-0.15, -0.1) is 0 Å². The van der Waals surface area contributed by atoms with Crippen LogP contribution in [0.3, 0.4) is 0 Å². The zero-order valence-corrected chi connectivity index (χ0v) is 12.1. The molecule has 0 saturated heterocycles. The molecule has 0 fully saturated rings. The minimum absolute atomic E-state index is 0.0511. The van der Waals surface area contributed by atoms with Crippen molar-refractivity contribution in [3.05, 3.63) is 23.2 Å². The van der Waals surface area contributed by atoms with Crippen molar-refractivity contribution in [3.63, 3.8) is 0 Å². The number of hydrogen-bond acceptors (Lipinski definition) is 5. The van der Waals surface area contributed by atoms with Gasteiger partial charge in [-0.2, -0.15) is 0 Å². The monoisotopic (exact) mass is 311 g/mol. The molecule has 2 N–H and O–H groups in total. The van der Waals surface area contributed by atoms with E-state index in [1.807, 2.05) is 0 Å². The normalized spacial score (nSPS) is 12.6. The maximum atomic E-state index is 11.9. The molecular weight excluding hydrogens is 298 g/mol. The maximum absolute atomic E-state index is 11.9. The van der Waals surface area contributed by atoms with Gasteiger partial charge in [0.05, 0.1) is 27.1 Å². The van der Waals surface area contributed by atoms with Crippen molar-refractivity contribution in [2.75, 3.05) is 23.5 Å². The molecule has 0 bridgehead atoms. The molecule has 0 radical (unpaired) electrons. The van der Waals surface area contributed by atoms with Gasteiger partial charge >= 0.3 is 0 Å². The van der Waals surface area contributed by atoms with E-state index in [0.717, 1.165) is 6.26 Å². The van der Waals surface area contributed by atoms with Gasteiger partial charge < -0.3 is 5.73 Å². The number of nitrogens with two attached hydrogens (primary N) is 1. The molecule has 1 aromatic rings. The number of anilines is 1. The zero-order chi connectivity index (χ0) is 14.0. The fourth-order valence-corrected chi connectivity index (χ4v) is 3.76. The topological polar surface area (TPSA) is 94.3 Å². The molecule has 0 aliphatic rings. The van der Waals surface area contributed by atoms with Crippen LogP contribution in [0.25, 0.3) is 0 Å². The molecule has 18 heavy (non-hydrogen) atoms. The summed E-state index contributed by atoms with van der Waals surface area (Å²) in [6.07, 6.45) is 1.13. The Kier molecular flexibility index (Phi) is 4.63. The zero-order valence-electron chi connectivity index (χ0n) is 9.76. The van der Waals surface area contributed by atoms with E-state index < -0.39 is 19.7 Å². The average molecular weight is 312 g/mol. The van der Waals surface area contributed by atoms with Gasteiger partial charge in [0.25, 0.3) is 0 Å². The van der Waals surface area contributed by atoms with Gasteiger partial charge in [0, 0.05) is 6.26 Å². The predicted molar refractivity (Wildman–Crippen MR) is 72.2 cm³/mol. The van der Waals surface area contributed by atoms with Crippen LogP contribution in [0.4, 0.5) is 5.69 Å². The molecular formula is C10H14ClNO4S2. The van der Waals surface area contributed by atoms with Crippen LogP contribution in [0, 0.1) is 0 Å². The second kappa shape index (κ2) is 5.46. The number of nitrogen functional groups attached to an aromatic ring is 1. The highest BCUT2D eigenvalue weighted by molar-refractivity contribution is 7.92. The van der Waals surface area contributed by atoms with Gasteiger partial charge in [0.2, 0.25) is 0 Å². The summed E-state index contributed by atoms with van der Waals surface area (Å²) in [6.45, 7) is 0. The van der Waals surface area contributed by atoms with Gasteiger partial charge in [-0.3, -0.25) is 0 Å². The van der Waals surface area contributed by atoms with Crippen molar-refractivity contribution in [2.45, 2.75) is 11.3 Å². The third-order valence-electron chi connectivity index (χ3n) is 2.26.